The molecule has 1 heterocycles. The van der Waals surface area contributed by atoms with Crippen LogP contribution < -0.4 is 5.32 Å². The summed E-state index contributed by atoms with van der Waals surface area (Å²) in [6.45, 7) is 0.510. The number of anilines is 1. The van der Waals surface area contributed by atoms with E-state index in [1.807, 2.05) is 5.38 Å². The molecule has 0 saturated heterocycles. The first-order valence-corrected chi connectivity index (χ1v) is 5.41. The van der Waals surface area contributed by atoms with Gasteiger partial charge in [0, 0.05) is 16.1 Å². The molecule has 0 unspecified atom stereocenters. The topological polar surface area (TPSA) is 37.8 Å². The van der Waals surface area contributed by atoms with Gasteiger partial charge in [-0.05, 0) is 29.7 Å². The van der Waals surface area contributed by atoms with E-state index in [4.69, 9.17) is 11.6 Å². The quantitative estimate of drug-likeness (QED) is 0.901. The van der Waals surface area contributed by atoms with E-state index in [0.29, 0.717) is 17.3 Å². The Bertz CT molecular complexity index is 426. The lowest BCUT2D eigenvalue weighted by Gasteiger charge is -2.04. The van der Waals surface area contributed by atoms with Gasteiger partial charge >= 0.3 is 0 Å². The van der Waals surface area contributed by atoms with Crippen LogP contribution in [-0.2, 0) is 6.54 Å². The minimum absolute atomic E-state index is 0.360. The highest BCUT2D eigenvalue weighted by Gasteiger charge is 2.00. The van der Waals surface area contributed by atoms with Crippen LogP contribution >= 0.6 is 23.1 Å². The minimum atomic E-state index is -0.360. The van der Waals surface area contributed by atoms with Crippen LogP contribution in [0.5, 0.6) is 0 Å². The summed E-state index contributed by atoms with van der Waals surface area (Å²) in [6, 6.07) is 4.30. The monoisotopic (exact) mass is 243 g/mol. The molecule has 0 spiro atoms. The van der Waals surface area contributed by atoms with Gasteiger partial charge in [0.15, 0.2) is 0 Å². The van der Waals surface area contributed by atoms with Gasteiger partial charge in [0.2, 0.25) is 0 Å². The first-order chi connectivity index (χ1) is 7.24. The van der Waals surface area contributed by atoms with Crippen molar-refractivity contribution < 1.29 is 4.39 Å². The third-order valence-electron chi connectivity index (χ3n) is 1.74. The lowest BCUT2D eigenvalue weighted by Crippen LogP contribution is -2.00. The Hall–Kier alpha value is -1.20. The van der Waals surface area contributed by atoms with Gasteiger partial charge < -0.3 is 5.32 Å². The summed E-state index contributed by atoms with van der Waals surface area (Å²) in [6.07, 6.45) is 0. The molecule has 1 aromatic carbocycles. The molecule has 0 aliphatic carbocycles. The number of hydrogen-bond donors (Lipinski definition) is 1. The van der Waals surface area contributed by atoms with E-state index in [2.05, 4.69) is 14.9 Å². The van der Waals surface area contributed by atoms with Gasteiger partial charge in [0.1, 0.15) is 5.82 Å². The molecule has 0 aliphatic heterocycles. The lowest BCUT2D eigenvalue weighted by molar-refractivity contribution is 0.628. The molecule has 0 saturated carbocycles. The van der Waals surface area contributed by atoms with E-state index in [1.54, 1.807) is 6.07 Å². The van der Waals surface area contributed by atoms with E-state index < -0.39 is 0 Å². The van der Waals surface area contributed by atoms with E-state index in [-0.39, 0.29) is 5.82 Å². The smallest absolute Gasteiger partial charge is 0.126 e. The van der Waals surface area contributed by atoms with Crippen molar-refractivity contribution in [1.29, 1.82) is 0 Å². The molecule has 1 N–H and O–H groups in total. The van der Waals surface area contributed by atoms with Gasteiger partial charge in [-0.25, -0.2) is 4.39 Å². The van der Waals surface area contributed by atoms with Crippen LogP contribution in [0.2, 0.25) is 5.02 Å². The van der Waals surface area contributed by atoms with E-state index in [1.165, 1.54) is 23.7 Å². The first-order valence-electron chi connectivity index (χ1n) is 4.20. The van der Waals surface area contributed by atoms with Crippen molar-refractivity contribution in [2.24, 2.45) is 0 Å². The maximum atomic E-state index is 12.9. The van der Waals surface area contributed by atoms with Gasteiger partial charge in [0.25, 0.3) is 0 Å². The Labute approximate surface area is 95.1 Å². The number of nitrogens with zero attached hydrogens (tertiary/aromatic N) is 2. The highest BCUT2D eigenvalue weighted by Crippen LogP contribution is 2.18. The van der Waals surface area contributed by atoms with Crippen molar-refractivity contribution in [2.75, 3.05) is 5.32 Å². The normalized spacial score (nSPS) is 10.3. The molecule has 1 aromatic heterocycles. The standard InChI is InChI=1S/C9H7ClFN3S/c10-6-1-7(11)3-8(2-6)12-4-9-5-15-14-13-9/h1-3,5,12H,4H2. The van der Waals surface area contributed by atoms with Crippen molar-refractivity contribution in [3.05, 3.63) is 40.1 Å². The van der Waals surface area contributed by atoms with Crippen LogP contribution in [0.3, 0.4) is 0 Å². The lowest BCUT2D eigenvalue weighted by atomic mass is 10.3. The predicted molar refractivity (Wildman–Crippen MR) is 58.6 cm³/mol. The zero-order valence-corrected chi connectivity index (χ0v) is 9.15. The van der Waals surface area contributed by atoms with Crippen LogP contribution in [-0.4, -0.2) is 9.59 Å². The van der Waals surface area contributed by atoms with Crippen molar-refractivity contribution >= 4 is 28.8 Å². The summed E-state index contributed by atoms with van der Waals surface area (Å²) in [5.41, 5.74) is 1.45. The van der Waals surface area contributed by atoms with Gasteiger partial charge in [-0.1, -0.05) is 16.1 Å². The molecule has 6 heteroatoms. The minimum Gasteiger partial charge on any atom is -0.379 e. The first kappa shape index (κ1) is 10.3. The second kappa shape index (κ2) is 4.55. The fourth-order valence-corrected chi connectivity index (χ4v) is 1.78. The Balaban J connectivity index is 2.05. The molecule has 78 valence electrons. The molecule has 3 nitrogen and oxygen atoms in total. The van der Waals surface area contributed by atoms with Crippen LogP contribution in [0.25, 0.3) is 0 Å². The highest BCUT2D eigenvalue weighted by atomic mass is 35.5. The van der Waals surface area contributed by atoms with Gasteiger partial charge in [-0.15, -0.1) is 5.10 Å². The van der Waals surface area contributed by atoms with Crippen LogP contribution in [0, 0.1) is 5.82 Å². The number of rotatable bonds is 3. The fraction of sp³-hybridized carbons (Fsp3) is 0.111. The maximum absolute atomic E-state index is 12.9. The van der Waals surface area contributed by atoms with Crippen LogP contribution in [0.4, 0.5) is 10.1 Å². The molecular formula is C9H7ClFN3S. The molecule has 0 atom stereocenters. The molecular weight excluding hydrogens is 237 g/mol. The number of halogens is 2. The SMILES string of the molecule is Fc1cc(Cl)cc(NCc2csnn2)c1. The maximum Gasteiger partial charge on any atom is 0.126 e. The van der Waals surface area contributed by atoms with Crippen LogP contribution in [0.1, 0.15) is 5.69 Å². The third-order valence-corrected chi connectivity index (χ3v) is 2.51. The summed E-state index contributed by atoms with van der Waals surface area (Å²) in [4.78, 5) is 0. The Morgan fingerprint density at radius 1 is 1.40 bits per heavy atom. The second-order valence-corrected chi connectivity index (χ2v) is 3.95. The van der Waals surface area contributed by atoms with Crippen molar-refractivity contribution in [1.82, 2.24) is 9.59 Å². The van der Waals surface area contributed by atoms with E-state index >= 15 is 0 Å². The van der Waals surface area contributed by atoms with E-state index in [9.17, 15) is 4.39 Å². The zero-order chi connectivity index (χ0) is 10.7. The Morgan fingerprint density at radius 2 is 2.27 bits per heavy atom. The summed E-state index contributed by atoms with van der Waals surface area (Å²) >= 11 is 6.98. The van der Waals surface area contributed by atoms with Crippen molar-refractivity contribution in [3.63, 3.8) is 0 Å². The summed E-state index contributed by atoms with van der Waals surface area (Å²) in [7, 11) is 0. The fourth-order valence-electron chi connectivity index (χ4n) is 1.11. The van der Waals surface area contributed by atoms with Crippen molar-refractivity contribution in [2.45, 2.75) is 6.54 Å². The zero-order valence-electron chi connectivity index (χ0n) is 7.58. The molecule has 0 amide bonds. The van der Waals surface area contributed by atoms with Gasteiger partial charge in [-0.2, -0.15) is 0 Å². The predicted octanol–water partition coefficient (Wildman–Crippen LogP) is 2.94. The average molecular weight is 244 g/mol. The summed E-state index contributed by atoms with van der Waals surface area (Å²) < 4.78 is 16.7. The second-order valence-electron chi connectivity index (χ2n) is 2.91. The number of benzene rings is 1. The van der Waals surface area contributed by atoms with Gasteiger partial charge in [-0.3, -0.25) is 0 Å². The molecule has 0 aliphatic rings. The molecule has 2 rings (SSSR count). The van der Waals surface area contributed by atoms with Crippen molar-refractivity contribution in [3.8, 4) is 0 Å². The van der Waals surface area contributed by atoms with Gasteiger partial charge in [0.05, 0.1) is 12.2 Å². The average Bonchev–Trinajstić information content (AvgIpc) is 2.65. The molecule has 15 heavy (non-hydrogen) atoms. The largest absolute Gasteiger partial charge is 0.379 e. The number of aromatic nitrogens is 2. The summed E-state index contributed by atoms with van der Waals surface area (Å²) in [5.74, 6) is -0.360. The molecule has 2 aromatic rings. The molecule has 0 fully saturated rings. The summed E-state index contributed by atoms with van der Waals surface area (Å²) in [5, 5.41) is 9.06. The van der Waals surface area contributed by atoms with E-state index in [0.717, 1.165) is 5.69 Å². The third kappa shape index (κ3) is 2.87. The van der Waals surface area contributed by atoms with Crippen LogP contribution in [0.15, 0.2) is 23.6 Å². The molecule has 0 bridgehead atoms. The molecule has 0 radical (unpaired) electrons. The number of hydrogen-bond acceptors (Lipinski definition) is 4. The Kier molecular flexibility index (Phi) is 3.13. The Morgan fingerprint density at radius 3 is 2.93 bits per heavy atom. The highest BCUT2D eigenvalue weighted by molar-refractivity contribution is 7.03. The number of nitrogens with one attached hydrogen (secondary N) is 1.